The van der Waals surface area contributed by atoms with Gasteiger partial charge in [0.05, 0.1) is 35.4 Å². The second kappa shape index (κ2) is 17.2. The van der Waals surface area contributed by atoms with Crippen LogP contribution in [0.1, 0.15) is 67.2 Å². The molecular formula is C30H49N7O3S. The van der Waals surface area contributed by atoms with Crippen molar-refractivity contribution in [1.82, 2.24) is 9.80 Å². The fraction of sp³-hybridized carbons (Fsp3) is 0.633. The average Bonchev–Trinajstić information content (AvgIpc) is 3.26. The van der Waals surface area contributed by atoms with Crippen LogP contribution in [0.3, 0.4) is 0 Å². The summed E-state index contributed by atoms with van der Waals surface area (Å²) < 4.78 is 0. The summed E-state index contributed by atoms with van der Waals surface area (Å²) in [6.45, 7) is 16.4. The highest BCUT2D eigenvalue weighted by Crippen LogP contribution is 2.50. The lowest BCUT2D eigenvalue weighted by atomic mass is 9.76. The number of nitrogens with zero attached hydrogens (tertiary/aromatic N) is 5. The predicted molar refractivity (Wildman–Crippen MR) is 169 cm³/mol. The Bertz CT molecular complexity index is 1080. The highest BCUT2D eigenvalue weighted by Gasteiger charge is 2.42. The van der Waals surface area contributed by atoms with Crippen molar-refractivity contribution in [1.29, 1.82) is 5.26 Å². The summed E-state index contributed by atoms with van der Waals surface area (Å²) >= 11 is 1.55. The van der Waals surface area contributed by atoms with Gasteiger partial charge in [-0.3, -0.25) is 29.4 Å². The lowest BCUT2D eigenvalue weighted by molar-refractivity contribution is -0.123. The highest BCUT2D eigenvalue weighted by molar-refractivity contribution is 8.03. The molecule has 0 aromatic carbocycles. The molecular weight excluding hydrogens is 538 g/mol. The fourth-order valence-corrected chi connectivity index (χ4v) is 6.74. The van der Waals surface area contributed by atoms with E-state index in [1.54, 1.807) is 24.0 Å². The molecule has 11 heteroatoms. The van der Waals surface area contributed by atoms with Crippen molar-refractivity contribution in [2.24, 2.45) is 33.3 Å². The van der Waals surface area contributed by atoms with Gasteiger partial charge in [0, 0.05) is 49.4 Å². The summed E-state index contributed by atoms with van der Waals surface area (Å²) in [5.74, 6) is -0.765. The van der Waals surface area contributed by atoms with Crippen LogP contribution in [-0.2, 0) is 9.59 Å². The first-order valence-electron chi connectivity index (χ1n) is 13.8. The molecule has 0 spiro atoms. The molecule has 5 N–H and O–H groups in total. The molecule has 0 aromatic heterocycles. The van der Waals surface area contributed by atoms with Crippen molar-refractivity contribution >= 4 is 36.4 Å². The van der Waals surface area contributed by atoms with E-state index >= 15 is 0 Å². The molecule has 0 radical (unpaired) electrons. The molecule has 228 valence electrons. The maximum atomic E-state index is 14.0. The smallest absolute Gasteiger partial charge is 0.290 e. The van der Waals surface area contributed by atoms with Gasteiger partial charge in [0.15, 0.2) is 5.78 Å². The average molecular weight is 588 g/mol. The van der Waals surface area contributed by atoms with Gasteiger partial charge in [0.25, 0.3) is 6.47 Å². The molecule has 2 aliphatic heterocycles. The molecule has 3 atom stereocenters. The standard InChI is InChI=1S/C28H43N7OS.CH2O2.CH4/c1-6-8-20(26(36)19-9-7-10-23-24(19)21(17-29)27(31)37-23)25(30)22(11-12-32-5)33-18-34-13-15-35(16-14-34)28(2,3)4;2-1-3;/h11-12,19,21,27H,5-10,13-16,18,30-31H2,1-4H3;1H,(H,2,3);1H4/b12-11-,25-20-,33-22+;;/t19-,21?,27?;;/m0../s1. The molecule has 2 unspecified atom stereocenters. The molecule has 2 heterocycles. The largest absolute Gasteiger partial charge is 0.483 e. The Morgan fingerprint density at radius 2 is 1.93 bits per heavy atom. The van der Waals surface area contributed by atoms with E-state index in [-0.39, 0.29) is 36.5 Å². The summed E-state index contributed by atoms with van der Waals surface area (Å²) in [4.78, 5) is 36.9. The summed E-state index contributed by atoms with van der Waals surface area (Å²) in [6, 6.07) is 2.35. The van der Waals surface area contributed by atoms with Crippen molar-refractivity contribution in [2.45, 2.75) is 78.1 Å². The van der Waals surface area contributed by atoms with E-state index in [0.717, 1.165) is 62.3 Å². The van der Waals surface area contributed by atoms with E-state index in [9.17, 15) is 10.1 Å². The third-order valence-electron chi connectivity index (χ3n) is 7.49. The van der Waals surface area contributed by atoms with Crippen LogP contribution in [0.5, 0.6) is 0 Å². The van der Waals surface area contributed by atoms with Crippen molar-refractivity contribution in [3.8, 4) is 6.07 Å². The first-order chi connectivity index (χ1) is 19.0. The number of nitrogens with two attached hydrogens (primary N) is 2. The van der Waals surface area contributed by atoms with Gasteiger partial charge in [-0.25, -0.2) is 0 Å². The van der Waals surface area contributed by atoms with Crippen LogP contribution in [0.2, 0.25) is 0 Å². The van der Waals surface area contributed by atoms with Gasteiger partial charge in [-0.1, -0.05) is 20.8 Å². The van der Waals surface area contributed by atoms with E-state index in [2.05, 4.69) is 48.4 Å². The van der Waals surface area contributed by atoms with Gasteiger partial charge in [0.2, 0.25) is 0 Å². The van der Waals surface area contributed by atoms with E-state index < -0.39 is 5.92 Å². The Kier molecular flexibility index (Phi) is 15.2. The Morgan fingerprint density at radius 1 is 1.29 bits per heavy atom. The predicted octanol–water partition coefficient (Wildman–Crippen LogP) is 4.16. The number of piperazine rings is 1. The van der Waals surface area contributed by atoms with Crippen LogP contribution in [0.4, 0.5) is 0 Å². The van der Waals surface area contributed by atoms with Crippen LogP contribution in [0.25, 0.3) is 0 Å². The fourth-order valence-electron chi connectivity index (χ4n) is 5.40. The monoisotopic (exact) mass is 587 g/mol. The quantitative estimate of drug-likeness (QED) is 0.204. The van der Waals surface area contributed by atoms with Gasteiger partial charge in [-0.15, -0.1) is 11.8 Å². The molecule has 10 nitrogen and oxygen atoms in total. The minimum Gasteiger partial charge on any atom is -0.483 e. The first-order valence-corrected chi connectivity index (χ1v) is 14.7. The summed E-state index contributed by atoms with van der Waals surface area (Å²) in [6.07, 6.45) is 7.16. The van der Waals surface area contributed by atoms with Crippen molar-refractivity contribution in [3.05, 3.63) is 34.0 Å². The lowest BCUT2D eigenvalue weighted by Gasteiger charge is -2.41. The number of rotatable bonds is 9. The van der Waals surface area contributed by atoms with E-state index in [4.69, 9.17) is 26.4 Å². The Morgan fingerprint density at radius 3 is 2.46 bits per heavy atom. The van der Waals surface area contributed by atoms with Crippen LogP contribution < -0.4 is 11.5 Å². The molecule has 0 aromatic rings. The lowest BCUT2D eigenvalue weighted by Crippen LogP contribution is -2.53. The molecule has 0 amide bonds. The minimum absolute atomic E-state index is 0. The highest BCUT2D eigenvalue weighted by atomic mass is 32.2. The van der Waals surface area contributed by atoms with Crippen LogP contribution in [-0.4, -0.2) is 83.4 Å². The molecule has 1 aliphatic carbocycles. The molecule has 3 rings (SSSR count). The summed E-state index contributed by atoms with van der Waals surface area (Å²) in [5.41, 5.74) is 15.6. The minimum atomic E-state index is -0.428. The Labute approximate surface area is 250 Å². The van der Waals surface area contributed by atoms with E-state index in [1.165, 1.54) is 0 Å². The number of thioether (sulfide) groups is 1. The first kappa shape index (κ1) is 36.2. The zero-order valence-electron chi connectivity index (χ0n) is 24.3. The number of ketones is 1. The SMILES string of the molecule is C.C=N\C=C/C(=N\CN1CCN(C(C)(C)C)CC1)C(/N)=C(\CCC)C(=O)[C@H]1CCCC2=C1C(C#N)C(N)S2.O=CO. The van der Waals surface area contributed by atoms with Gasteiger partial charge in [-0.2, -0.15) is 5.26 Å². The molecule has 0 saturated carbocycles. The molecule has 1 fully saturated rings. The maximum absolute atomic E-state index is 14.0. The second-order valence-corrected chi connectivity index (χ2v) is 12.4. The number of nitriles is 1. The number of hydrogen-bond donors (Lipinski definition) is 3. The number of Topliss-reactive ketones (excluding diaryl/α,β-unsaturated/α-hetero) is 1. The van der Waals surface area contributed by atoms with Crippen LogP contribution >= 0.6 is 11.8 Å². The number of carboxylic acid groups (broad SMARTS) is 1. The summed E-state index contributed by atoms with van der Waals surface area (Å²) in [5, 5.41) is 16.4. The van der Waals surface area contributed by atoms with Crippen molar-refractivity contribution in [2.75, 3.05) is 32.8 Å². The van der Waals surface area contributed by atoms with Crippen molar-refractivity contribution < 1.29 is 14.7 Å². The number of carbonyl (C=O) groups is 2. The second-order valence-electron chi connectivity index (χ2n) is 11.1. The molecule has 1 saturated heterocycles. The summed E-state index contributed by atoms with van der Waals surface area (Å²) in [7, 11) is 0. The number of carbonyl (C=O) groups excluding carboxylic acids is 1. The third kappa shape index (κ3) is 9.64. The third-order valence-corrected chi connectivity index (χ3v) is 8.76. The maximum Gasteiger partial charge on any atom is 0.290 e. The number of allylic oxidation sites excluding steroid dienone is 3. The molecule has 0 bridgehead atoms. The Hall–Kier alpha value is -2.78. The van der Waals surface area contributed by atoms with Gasteiger partial charge >= 0.3 is 0 Å². The normalized spacial score (nSPS) is 24.4. The number of hydrogen-bond acceptors (Lipinski definition) is 10. The van der Waals surface area contributed by atoms with Crippen LogP contribution in [0.15, 0.2) is 44.0 Å². The van der Waals surface area contributed by atoms with Gasteiger partial charge in [-0.05, 0) is 69.7 Å². The Balaban J connectivity index is 0.00000201. The zero-order chi connectivity index (χ0) is 29.9. The molecule has 3 aliphatic rings. The van der Waals surface area contributed by atoms with Gasteiger partial charge < -0.3 is 16.6 Å². The van der Waals surface area contributed by atoms with Gasteiger partial charge in [0.1, 0.15) is 0 Å². The van der Waals surface area contributed by atoms with E-state index in [1.807, 2.05) is 6.92 Å². The number of aliphatic imine (C=N–C) groups is 2. The topological polar surface area (TPSA) is 161 Å². The van der Waals surface area contributed by atoms with Crippen molar-refractivity contribution in [3.63, 3.8) is 0 Å². The van der Waals surface area contributed by atoms with E-state index in [0.29, 0.717) is 30.1 Å². The zero-order valence-corrected chi connectivity index (χ0v) is 25.1. The molecule has 41 heavy (non-hydrogen) atoms. The van der Waals surface area contributed by atoms with Crippen LogP contribution in [0, 0.1) is 23.2 Å².